The lowest BCUT2D eigenvalue weighted by atomic mass is 9.95. The Morgan fingerprint density at radius 1 is 1.25 bits per heavy atom. The van der Waals surface area contributed by atoms with Crippen molar-refractivity contribution < 1.29 is 4.79 Å². The predicted octanol–water partition coefficient (Wildman–Crippen LogP) is 2.31. The summed E-state index contributed by atoms with van der Waals surface area (Å²) in [5.74, 6) is 0.687. The van der Waals surface area contributed by atoms with Crippen LogP contribution in [-0.4, -0.2) is 43.4 Å². The van der Waals surface area contributed by atoms with Gasteiger partial charge in [-0.05, 0) is 18.8 Å². The summed E-state index contributed by atoms with van der Waals surface area (Å²) in [4.78, 5) is 27.6. The Hall–Kier alpha value is -2.24. The summed E-state index contributed by atoms with van der Waals surface area (Å²) >= 11 is 0. The summed E-state index contributed by atoms with van der Waals surface area (Å²) in [7, 11) is 1.95. The van der Waals surface area contributed by atoms with Gasteiger partial charge in [0.05, 0.1) is 30.1 Å². The van der Waals surface area contributed by atoms with Crippen LogP contribution in [0.5, 0.6) is 0 Å². The van der Waals surface area contributed by atoms with Gasteiger partial charge in [0.15, 0.2) is 0 Å². The number of amides is 1. The summed E-state index contributed by atoms with van der Waals surface area (Å²) in [6, 6.07) is 0. The number of aryl methyl sites for hydroxylation is 1. The first-order valence-corrected chi connectivity index (χ1v) is 8.41. The second-order valence-corrected chi connectivity index (χ2v) is 7.65. The molecule has 3 rings (SSSR count). The van der Waals surface area contributed by atoms with Gasteiger partial charge in [0.2, 0.25) is 5.91 Å². The molecule has 6 heteroatoms. The zero-order chi connectivity index (χ0) is 17.3. The first-order chi connectivity index (χ1) is 11.3. The molecule has 1 unspecified atom stereocenters. The number of aromatic nitrogens is 4. The van der Waals surface area contributed by atoms with Gasteiger partial charge in [0.25, 0.3) is 0 Å². The quantitative estimate of drug-likeness (QED) is 0.868. The number of hydrogen-bond acceptors (Lipinski definition) is 4. The zero-order valence-electron chi connectivity index (χ0n) is 14.9. The molecule has 0 saturated carbocycles. The molecule has 0 radical (unpaired) electrons. The highest BCUT2D eigenvalue weighted by molar-refractivity contribution is 5.81. The normalized spacial score (nSPS) is 18.2. The maximum absolute atomic E-state index is 12.4. The molecule has 0 aliphatic carbocycles. The van der Waals surface area contributed by atoms with Crippen LogP contribution in [0.25, 0.3) is 11.4 Å². The summed E-state index contributed by atoms with van der Waals surface area (Å²) < 4.78 is 1.94. The Labute approximate surface area is 142 Å². The van der Waals surface area contributed by atoms with Gasteiger partial charge in [-0.1, -0.05) is 20.8 Å². The topological polar surface area (TPSA) is 63.9 Å². The summed E-state index contributed by atoms with van der Waals surface area (Å²) in [6.45, 7) is 7.59. The van der Waals surface area contributed by atoms with E-state index in [9.17, 15) is 4.79 Å². The molecule has 2 aromatic heterocycles. The molecule has 1 atom stereocenters. The van der Waals surface area contributed by atoms with Crippen LogP contribution >= 0.6 is 0 Å². The van der Waals surface area contributed by atoms with Crippen LogP contribution in [-0.2, 0) is 18.3 Å². The molecule has 128 valence electrons. The summed E-state index contributed by atoms with van der Waals surface area (Å²) in [6.07, 6.45) is 9.04. The van der Waals surface area contributed by atoms with Crippen molar-refractivity contribution in [1.29, 1.82) is 0 Å². The van der Waals surface area contributed by atoms with Crippen molar-refractivity contribution in [1.82, 2.24) is 24.4 Å². The number of likely N-dealkylation sites (tertiary alicyclic amines) is 1. The van der Waals surface area contributed by atoms with Crippen LogP contribution in [0.1, 0.15) is 32.9 Å². The van der Waals surface area contributed by atoms with Crippen molar-refractivity contribution >= 4 is 5.91 Å². The Bertz CT molecular complexity index is 731. The largest absolute Gasteiger partial charge is 0.342 e. The third-order valence-electron chi connectivity index (χ3n) is 4.48. The van der Waals surface area contributed by atoms with Crippen LogP contribution in [0.3, 0.4) is 0 Å². The second kappa shape index (κ2) is 6.34. The number of carbonyl (C=O) groups excluding carboxylic acids is 1. The van der Waals surface area contributed by atoms with Crippen molar-refractivity contribution in [3.63, 3.8) is 0 Å². The van der Waals surface area contributed by atoms with E-state index in [1.165, 1.54) is 0 Å². The number of rotatable bonds is 3. The molecule has 0 N–H and O–H groups in total. The Balaban J connectivity index is 1.68. The van der Waals surface area contributed by atoms with Gasteiger partial charge in [0, 0.05) is 31.7 Å². The first-order valence-electron chi connectivity index (χ1n) is 8.41. The third kappa shape index (κ3) is 3.47. The molecule has 2 aromatic rings. The van der Waals surface area contributed by atoms with Crippen molar-refractivity contribution in [2.45, 2.75) is 33.6 Å². The lowest BCUT2D eigenvalue weighted by Gasteiger charge is -2.25. The molecule has 0 aromatic carbocycles. The standard InChI is InChI=1S/C18H25N5O/c1-18(2,3)17(24)23-6-5-13(11-23)7-14-8-19-9-15(21-14)16-10-20-12-22(16)4/h8-10,12-13H,5-7,11H2,1-4H3. The minimum Gasteiger partial charge on any atom is -0.342 e. The SMILES string of the molecule is Cn1cncc1-c1cncc(CC2CCN(C(=O)C(C)(C)C)C2)n1. The monoisotopic (exact) mass is 327 g/mol. The third-order valence-corrected chi connectivity index (χ3v) is 4.48. The molecule has 1 aliphatic rings. The van der Waals surface area contributed by atoms with Crippen LogP contribution < -0.4 is 0 Å². The smallest absolute Gasteiger partial charge is 0.227 e. The first kappa shape index (κ1) is 16.6. The second-order valence-electron chi connectivity index (χ2n) is 7.65. The number of hydrogen-bond donors (Lipinski definition) is 0. The van der Waals surface area contributed by atoms with Crippen molar-refractivity contribution in [3.8, 4) is 11.4 Å². The van der Waals surface area contributed by atoms with Crippen molar-refractivity contribution in [2.75, 3.05) is 13.1 Å². The molecule has 1 aliphatic heterocycles. The molecule has 3 heterocycles. The van der Waals surface area contributed by atoms with E-state index in [0.717, 1.165) is 43.0 Å². The molecular formula is C18H25N5O. The minimum absolute atomic E-state index is 0.236. The molecular weight excluding hydrogens is 302 g/mol. The Kier molecular flexibility index (Phi) is 4.39. The highest BCUT2D eigenvalue weighted by Gasteiger charge is 2.32. The maximum Gasteiger partial charge on any atom is 0.227 e. The lowest BCUT2D eigenvalue weighted by molar-refractivity contribution is -0.138. The van der Waals surface area contributed by atoms with Gasteiger partial charge in [-0.3, -0.25) is 9.78 Å². The van der Waals surface area contributed by atoms with Crippen LogP contribution in [0, 0.1) is 11.3 Å². The van der Waals surface area contributed by atoms with Crippen molar-refractivity contribution in [2.24, 2.45) is 18.4 Å². The van der Waals surface area contributed by atoms with E-state index < -0.39 is 0 Å². The lowest BCUT2D eigenvalue weighted by Crippen LogP contribution is -2.38. The highest BCUT2D eigenvalue weighted by atomic mass is 16.2. The molecule has 0 spiro atoms. The van der Waals surface area contributed by atoms with Gasteiger partial charge in [0.1, 0.15) is 5.69 Å². The van der Waals surface area contributed by atoms with E-state index >= 15 is 0 Å². The van der Waals surface area contributed by atoms with E-state index in [2.05, 4.69) is 9.97 Å². The van der Waals surface area contributed by atoms with Gasteiger partial charge < -0.3 is 9.47 Å². The Morgan fingerprint density at radius 2 is 2.04 bits per heavy atom. The average Bonchev–Trinajstić information content (AvgIpc) is 3.15. The van der Waals surface area contributed by atoms with E-state index in [1.54, 1.807) is 18.7 Å². The molecule has 0 bridgehead atoms. The molecule has 1 fully saturated rings. The molecule has 1 saturated heterocycles. The van der Waals surface area contributed by atoms with Gasteiger partial charge in [-0.25, -0.2) is 9.97 Å². The molecule has 24 heavy (non-hydrogen) atoms. The fourth-order valence-electron chi connectivity index (χ4n) is 3.19. The van der Waals surface area contributed by atoms with Gasteiger partial charge >= 0.3 is 0 Å². The highest BCUT2D eigenvalue weighted by Crippen LogP contribution is 2.26. The van der Waals surface area contributed by atoms with E-state index in [1.807, 2.05) is 43.5 Å². The number of nitrogens with zero attached hydrogens (tertiary/aromatic N) is 5. The fourth-order valence-corrected chi connectivity index (χ4v) is 3.19. The van der Waals surface area contributed by atoms with Gasteiger partial charge in [-0.2, -0.15) is 0 Å². The maximum atomic E-state index is 12.4. The molecule has 6 nitrogen and oxygen atoms in total. The van der Waals surface area contributed by atoms with Crippen LogP contribution in [0.2, 0.25) is 0 Å². The van der Waals surface area contributed by atoms with Crippen molar-refractivity contribution in [3.05, 3.63) is 30.6 Å². The van der Waals surface area contributed by atoms with E-state index in [-0.39, 0.29) is 11.3 Å². The zero-order valence-corrected chi connectivity index (χ0v) is 14.9. The predicted molar refractivity (Wildman–Crippen MR) is 92.1 cm³/mol. The minimum atomic E-state index is -0.311. The summed E-state index contributed by atoms with van der Waals surface area (Å²) in [5.41, 5.74) is 2.46. The van der Waals surface area contributed by atoms with E-state index in [4.69, 9.17) is 4.98 Å². The fraction of sp³-hybridized carbons (Fsp3) is 0.556. The van der Waals surface area contributed by atoms with E-state index in [0.29, 0.717) is 5.92 Å². The van der Waals surface area contributed by atoms with Crippen LogP contribution in [0.4, 0.5) is 0 Å². The number of carbonyl (C=O) groups is 1. The number of imidazole rings is 1. The Morgan fingerprint density at radius 3 is 2.71 bits per heavy atom. The van der Waals surface area contributed by atoms with Gasteiger partial charge in [-0.15, -0.1) is 0 Å². The van der Waals surface area contributed by atoms with Crippen LogP contribution in [0.15, 0.2) is 24.9 Å². The average molecular weight is 327 g/mol. The summed E-state index contributed by atoms with van der Waals surface area (Å²) in [5, 5.41) is 0. The molecule has 1 amide bonds.